The van der Waals surface area contributed by atoms with Crippen molar-refractivity contribution in [2.24, 2.45) is 0 Å². The van der Waals surface area contributed by atoms with Crippen molar-refractivity contribution in [2.75, 3.05) is 27.2 Å². The fourth-order valence-corrected chi connectivity index (χ4v) is 2.49. The lowest BCUT2D eigenvalue weighted by atomic mass is 10.1. The van der Waals surface area contributed by atoms with E-state index in [4.69, 9.17) is 9.47 Å². The third-order valence-corrected chi connectivity index (χ3v) is 3.98. The first kappa shape index (κ1) is 18.3. The smallest absolute Gasteiger partial charge is 0.161 e. The van der Waals surface area contributed by atoms with Gasteiger partial charge in [0, 0.05) is 6.54 Å². The summed E-state index contributed by atoms with van der Waals surface area (Å²) in [6, 6.07) is 14.4. The topological polar surface area (TPSA) is 42.5 Å². The molecule has 4 heteroatoms. The van der Waals surface area contributed by atoms with Gasteiger partial charge in [0.15, 0.2) is 11.5 Å². The van der Waals surface area contributed by atoms with Gasteiger partial charge in [-0.15, -0.1) is 0 Å². The molecule has 0 saturated carbocycles. The Morgan fingerprint density at radius 2 is 1.83 bits per heavy atom. The molecule has 0 aliphatic rings. The number of nitrogens with one attached hydrogen (secondary N) is 2. The third kappa shape index (κ3) is 5.55. The second-order valence-corrected chi connectivity index (χ2v) is 5.83. The van der Waals surface area contributed by atoms with Crippen LogP contribution in [0, 0.1) is 6.92 Å². The van der Waals surface area contributed by atoms with Gasteiger partial charge in [0.25, 0.3) is 0 Å². The molecular weight excluding hydrogens is 300 g/mol. The summed E-state index contributed by atoms with van der Waals surface area (Å²) in [6.45, 7) is 5.50. The van der Waals surface area contributed by atoms with Gasteiger partial charge in [-0.3, -0.25) is 0 Å². The maximum Gasteiger partial charge on any atom is 0.161 e. The zero-order valence-corrected chi connectivity index (χ0v) is 14.9. The van der Waals surface area contributed by atoms with Crippen molar-refractivity contribution >= 4 is 0 Å². The van der Waals surface area contributed by atoms with Crippen molar-refractivity contribution in [1.82, 2.24) is 10.6 Å². The molecule has 0 amide bonds. The van der Waals surface area contributed by atoms with Gasteiger partial charge in [-0.25, -0.2) is 0 Å². The summed E-state index contributed by atoms with van der Waals surface area (Å²) < 4.78 is 11.4. The molecule has 24 heavy (non-hydrogen) atoms. The quantitative estimate of drug-likeness (QED) is 0.657. The lowest BCUT2D eigenvalue weighted by molar-refractivity contribution is 0.283. The molecule has 2 aromatic rings. The highest BCUT2D eigenvalue weighted by molar-refractivity contribution is 5.43. The first-order chi connectivity index (χ1) is 11.7. The molecule has 0 unspecified atom stereocenters. The van der Waals surface area contributed by atoms with Crippen LogP contribution in [-0.4, -0.2) is 27.2 Å². The minimum atomic E-state index is 0.546. The predicted octanol–water partition coefficient (Wildman–Crippen LogP) is 3.28. The molecule has 0 aromatic heterocycles. The number of benzene rings is 2. The van der Waals surface area contributed by atoms with Gasteiger partial charge >= 0.3 is 0 Å². The Morgan fingerprint density at radius 1 is 1.00 bits per heavy atom. The molecule has 4 nitrogen and oxygen atoms in total. The number of aryl methyl sites for hydroxylation is 1. The fourth-order valence-electron chi connectivity index (χ4n) is 2.49. The van der Waals surface area contributed by atoms with Crippen LogP contribution < -0.4 is 20.1 Å². The first-order valence-corrected chi connectivity index (χ1v) is 8.44. The second kappa shape index (κ2) is 9.96. The van der Waals surface area contributed by atoms with E-state index in [9.17, 15) is 0 Å². The molecule has 0 aliphatic heterocycles. The Bertz CT molecular complexity index is 629. The summed E-state index contributed by atoms with van der Waals surface area (Å²) in [4.78, 5) is 0. The predicted molar refractivity (Wildman–Crippen MR) is 98.8 cm³/mol. The highest BCUT2D eigenvalue weighted by atomic mass is 16.5. The van der Waals surface area contributed by atoms with E-state index in [-0.39, 0.29) is 0 Å². The van der Waals surface area contributed by atoms with Crippen molar-refractivity contribution in [2.45, 2.75) is 26.5 Å². The number of hydrogen-bond acceptors (Lipinski definition) is 4. The molecule has 2 N–H and O–H groups in total. The van der Waals surface area contributed by atoms with E-state index in [1.165, 1.54) is 16.7 Å². The van der Waals surface area contributed by atoms with Crippen molar-refractivity contribution < 1.29 is 9.47 Å². The molecule has 0 radical (unpaired) electrons. The minimum absolute atomic E-state index is 0.546. The summed E-state index contributed by atoms with van der Waals surface area (Å²) in [5, 5.41) is 6.58. The molecule has 0 bridgehead atoms. The second-order valence-electron chi connectivity index (χ2n) is 5.83. The van der Waals surface area contributed by atoms with E-state index < -0.39 is 0 Å². The lowest BCUT2D eigenvalue weighted by Gasteiger charge is -2.13. The van der Waals surface area contributed by atoms with Crippen molar-refractivity contribution in [1.29, 1.82) is 0 Å². The number of hydrogen-bond donors (Lipinski definition) is 2. The zero-order chi connectivity index (χ0) is 17.2. The normalized spacial score (nSPS) is 10.6. The molecule has 0 aliphatic carbocycles. The summed E-state index contributed by atoms with van der Waals surface area (Å²) >= 11 is 0. The van der Waals surface area contributed by atoms with E-state index in [0.717, 1.165) is 37.6 Å². The highest BCUT2D eigenvalue weighted by Gasteiger charge is 2.07. The molecule has 0 spiro atoms. The van der Waals surface area contributed by atoms with Crippen LogP contribution in [0.25, 0.3) is 0 Å². The number of methoxy groups -OCH3 is 1. The van der Waals surface area contributed by atoms with Crippen molar-refractivity contribution in [3.8, 4) is 11.5 Å². The molecular formula is C20H28N2O2. The number of ether oxygens (including phenoxy) is 2. The van der Waals surface area contributed by atoms with E-state index >= 15 is 0 Å². The summed E-state index contributed by atoms with van der Waals surface area (Å²) in [5.74, 6) is 1.55. The van der Waals surface area contributed by atoms with Gasteiger partial charge in [0.05, 0.1) is 7.11 Å². The first-order valence-electron chi connectivity index (χ1n) is 8.44. The van der Waals surface area contributed by atoms with E-state index in [1.54, 1.807) is 7.11 Å². The molecule has 0 saturated heterocycles. The molecule has 0 heterocycles. The van der Waals surface area contributed by atoms with Gasteiger partial charge in [-0.2, -0.15) is 0 Å². The van der Waals surface area contributed by atoms with Crippen molar-refractivity contribution in [3.63, 3.8) is 0 Å². The Hall–Kier alpha value is -2.04. The number of rotatable bonds is 10. The maximum atomic E-state index is 5.95. The van der Waals surface area contributed by atoms with Crippen molar-refractivity contribution in [3.05, 3.63) is 59.2 Å². The Balaban J connectivity index is 1.92. The molecule has 2 aromatic carbocycles. The average Bonchev–Trinajstić information content (AvgIpc) is 2.61. The Labute approximate surface area is 145 Å². The van der Waals surface area contributed by atoms with E-state index in [1.807, 2.05) is 31.3 Å². The molecule has 2 rings (SSSR count). The van der Waals surface area contributed by atoms with Gasteiger partial charge < -0.3 is 20.1 Å². The van der Waals surface area contributed by atoms with E-state index in [2.05, 4.69) is 35.8 Å². The lowest BCUT2D eigenvalue weighted by Crippen LogP contribution is -2.19. The fraction of sp³-hybridized carbons (Fsp3) is 0.400. The molecule has 0 fully saturated rings. The Morgan fingerprint density at radius 3 is 2.58 bits per heavy atom. The minimum Gasteiger partial charge on any atom is -0.493 e. The zero-order valence-electron chi connectivity index (χ0n) is 14.9. The van der Waals surface area contributed by atoms with Gasteiger partial charge in [-0.05, 0) is 62.3 Å². The van der Waals surface area contributed by atoms with Crippen LogP contribution in [0.2, 0.25) is 0 Å². The SMILES string of the molecule is CNCCCNCc1ccc(OCc2ccccc2C)c(OC)c1. The molecule has 0 atom stereocenters. The van der Waals surface area contributed by atoms with Crippen LogP contribution in [0.4, 0.5) is 0 Å². The summed E-state index contributed by atoms with van der Waals surface area (Å²) in [6.07, 6.45) is 1.12. The van der Waals surface area contributed by atoms with Crippen LogP contribution in [0.15, 0.2) is 42.5 Å². The largest absolute Gasteiger partial charge is 0.493 e. The van der Waals surface area contributed by atoms with Gasteiger partial charge in [-0.1, -0.05) is 30.3 Å². The third-order valence-electron chi connectivity index (χ3n) is 3.98. The maximum absolute atomic E-state index is 5.95. The monoisotopic (exact) mass is 328 g/mol. The van der Waals surface area contributed by atoms with Crippen LogP contribution in [-0.2, 0) is 13.2 Å². The summed E-state index contributed by atoms with van der Waals surface area (Å²) in [5.41, 5.74) is 3.62. The average molecular weight is 328 g/mol. The van der Waals surface area contributed by atoms with Crippen LogP contribution in [0.1, 0.15) is 23.1 Å². The van der Waals surface area contributed by atoms with E-state index in [0.29, 0.717) is 6.61 Å². The van der Waals surface area contributed by atoms with Crippen LogP contribution in [0.5, 0.6) is 11.5 Å². The van der Waals surface area contributed by atoms with Gasteiger partial charge in [0.1, 0.15) is 6.61 Å². The Kier molecular flexibility index (Phi) is 7.59. The highest BCUT2D eigenvalue weighted by Crippen LogP contribution is 2.29. The molecule has 130 valence electrons. The summed E-state index contributed by atoms with van der Waals surface area (Å²) in [7, 11) is 3.65. The van der Waals surface area contributed by atoms with Gasteiger partial charge in [0.2, 0.25) is 0 Å². The standard InChI is InChI=1S/C20H28N2O2/c1-16-7-4-5-8-18(16)15-24-19-10-9-17(13-20(19)23-3)14-22-12-6-11-21-2/h4-5,7-10,13,21-22H,6,11-12,14-15H2,1-3H3. The van der Waals surface area contributed by atoms with Crippen LogP contribution >= 0.6 is 0 Å². The van der Waals surface area contributed by atoms with Crippen LogP contribution in [0.3, 0.4) is 0 Å².